The molecule has 0 bridgehead atoms. The molecule has 2 aromatic heterocycles. The monoisotopic (exact) mass is 317 g/mol. The lowest BCUT2D eigenvalue weighted by Crippen LogP contribution is -3.13. The summed E-state index contributed by atoms with van der Waals surface area (Å²) < 4.78 is 11.1. The van der Waals surface area contributed by atoms with Crippen LogP contribution < -0.4 is 10.2 Å². The molecule has 0 aromatic carbocycles. The number of likely N-dealkylation sites (tertiary alicyclic amines) is 1. The molecule has 1 fully saturated rings. The van der Waals surface area contributed by atoms with Crippen molar-refractivity contribution in [3.05, 3.63) is 47.3 Å². The van der Waals surface area contributed by atoms with Crippen LogP contribution in [0.3, 0.4) is 0 Å². The molecule has 5 nitrogen and oxygen atoms in total. The number of aryl methyl sites for hydroxylation is 2. The summed E-state index contributed by atoms with van der Waals surface area (Å²) in [6, 6.07) is 5.88. The fourth-order valence-electron chi connectivity index (χ4n) is 3.44. The van der Waals surface area contributed by atoms with Gasteiger partial charge in [-0.1, -0.05) is 0 Å². The van der Waals surface area contributed by atoms with E-state index in [0.29, 0.717) is 17.9 Å². The highest BCUT2D eigenvalue weighted by Crippen LogP contribution is 2.15. The molecular formula is C18H25N2O3+. The minimum Gasteiger partial charge on any atom is -0.466 e. The lowest BCUT2D eigenvalue weighted by Gasteiger charge is -2.30. The predicted molar refractivity (Wildman–Crippen MR) is 86.5 cm³/mol. The second-order valence-electron chi connectivity index (χ2n) is 6.32. The second kappa shape index (κ2) is 7.04. The van der Waals surface area contributed by atoms with Crippen LogP contribution in [0.15, 0.2) is 33.3 Å². The third kappa shape index (κ3) is 3.67. The van der Waals surface area contributed by atoms with Crippen molar-refractivity contribution in [2.24, 2.45) is 0 Å². The van der Waals surface area contributed by atoms with E-state index in [4.69, 9.17) is 8.83 Å². The summed E-state index contributed by atoms with van der Waals surface area (Å²) in [6.45, 7) is 6.51. The quantitative estimate of drug-likeness (QED) is 0.887. The third-order valence-corrected chi connectivity index (χ3v) is 4.63. The van der Waals surface area contributed by atoms with Crippen molar-refractivity contribution in [2.45, 2.75) is 39.2 Å². The zero-order valence-electron chi connectivity index (χ0n) is 13.9. The normalized spacial score (nSPS) is 17.1. The molecule has 1 atom stereocenters. The largest absolute Gasteiger partial charge is 0.466 e. The van der Waals surface area contributed by atoms with E-state index in [-0.39, 0.29) is 11.9 Å². The van der Waals surface area contributed by atoms with E-state index in [2.05, 4.69) is 5.32 Å². The Morgan fingerprint density at radius 2 is 2.09 bits per heavy atom. The molecule has 5 heteroatoms. The molecule has 23 heavy (non-hydrogen) atoms. The van der Waals surface area contributed by atoms with Gasteiger partial charge >= 0.3 is 0 Å². The van der Waals surface area contributed by atoms with E-state index in [1.54, 1.807) is 12.3 Å². The number of quaternary nitrogens is 1. The molecule has 0 radical (unpaired) electrons. The molecule has 1 amide bonds. The van der Waals surface area contributed by atoms with Crippen molar-refractivity contribution in [3.63, 3.8) is 0 Å². The maximum Gasteiger partial charge on any atom is 0.255 e. The van der Waals surface area contributed by atoms with Crippen LogP contribution in [0.25, 0.3) is 0 Å². The van der Waals surface area contributed by atoms with Crippen LogP contribution in [0.2, 0.25) is 0 Å². The molecule has 3 heterocycles. The Labute approximate surface area is 136 Å². The second-order valence-corrected chi connectivity index (χ2v) is 6.32. The summed E-state index contributed by atoms with van der Waals surface area (Å²) in [5.74, 6) is 2.30. The van der Waals surface area contributed by atoms with Crippen LogP contribution in [-0.4, -0.2) is 25.5 Å². The minimum absolute atomic E-state index is 0.0766. The van der Waals surface area contributed by atoms with Gasteiger partial charge in [0.1, 0.15) is 11.5 Å². The fraction of sp³-hybridized carbons (Fsp3) is 0.500. The van der Waals surface area contributed by atoms with Crippen molar-refractivity contribution < 1.29 is 18.5 Å². The van der Waals surface area contributed by atoms with Gasteiger partial charge in [0, 0.05) is 0 Å². The van der Waals surface area contributed by atoms with Crippen molar-refractivity contribution in [1.29, 1.82) is 0 Å². The highest BCUT2D eigenvalue weighted by Gasteiger charge is 2.29. The van der Waals surface area contributed by atoms with Crippen molar-refractivity contribution in [3.8, 4) is 0 Å². The standard InChI is InChI=1S/C18H24N2O3/c1-13-11-15(14(2)23-13)18(21)19-12-16(17-7-6-10-22-17)20-8-4-3-5-9-20/h6-7,10-11,16H,3-5,8-9,12H2,1-2H3,(H,19,21)/p+1/t16-/m0/s1. The Kier molecular flexibility index (Phi) is 4.86. The first kappa shape index (κ1) is 15.9. The predicted octanol–water partition coefficient (Wildman–Crippen LogP) is 2.03. The van der Waals surface area contributed by atoms with Crippen molar-refractivity contribution >= 4 is 5.91 Å². The number of nitrogens with one attached hydrogen (secondary N) is 2. The van der Waals surface area contributed by atoms with Crippen LogP contribution in [-0.2, 0) is 0 Å². The van der Waals surface area contributed by atoms with Gasteiger partial charge in [-0.05, 0) is 51.3 Å². The van der Waals surface area contributed by atoms with E-state index in [1.807, 2.05) is 26.0 Å². The van der Waals surface area contributed by atoms with Gasteiger partial charge in [0.2, 0.25) is 0 Å². The summed E-state index contributed by atoms with van der Waals surface area (Å²) in [5.41, 5.74) is 0.620. The SMILES string of the molecule is Cc1cc(C(=O)NC[C@@H](c2ccco2)[NH+]2CCCCC2)c(C)o1. The number of carbonyl (C=O) groups excluding carboxylic acids is 1. The average Bonchev–Trinajstić information content (AvgIpc) is 3.18. The molecule has 1 aliphatic rings. The van der Waals surface area contributed by atoms with Gasteiger partial charge in [-0.15, -0.1) is 0 Å². The molecular weight excluding hydrogens is 292 g/mol. The van der Waals surface area contributed by atoms with Crippen LogP contribution in [0.5, 0.6) is 0 Å². The molecule has 0 aliphatic carbocycles. The minimum atomic E-state index is -0.0766. The molecule has 124 valence electrons. The van der Waals surface area contributed by atoms with Crippen LogP contribution in [0.4, 0.5) is 0 Å². The topological polar surface area (TPSA) is 59.8 Å². The number of piperidine rings is 1. The summed E-state index contributed by atoms with van der Waals surface area (Å²) in [7, 11) is 0. The molecule has 1 saturated heterocycles. The van der Waals surface area contributed by atoms with E-state index < -0.39 is 0 Å². The summed E-state index contributed by atoms with van der Waals surface area (Å²) in [5, 5.41) is 3.06. The molecule has 1 aliphatic heterocycles. The number of furan rings is 2. The Bertz CT molecular complexity index is 639. The van der Waals surface area contributed by atoms with Crippen LogP contribution in [0, 0.1) is 13.8 Å². The van der Waals surface area contributed by atoms with Gasteiger partial charge in [0.15, 0.2) is 11.8 Å². The van der Waals surface area contributed by atoms with Gasteiger partial charge in [0.25, 0.3) is 5.91 Å². The Hall–Kier alpha value is -2.01. The molecule has 2 N–H and O–H groups in total. The van der Waals surface area contributed by atoms with Crippen molar-refractivity contribution in [1.82, 2.24) is 5.32 Å². The first-order valence-corrected chi connectivity index (χ1v) is 8.38. The molecule has 0 spiro atoms. The van der Waals surface area contributed by atoms with E-state index in [9.17, 15) is 4.79 Å². The molecule has 0 saturated carbocycles. The Morgan fingerprint density at radius 1 is 1.30 bits per heavy atom. The van der Waals surface area contributed by atoms with Gasteiger partial charge < -0.3 is 19.1 Å². The van der Waals surface area contributed by atoms with E-state index in [0.717, 1.165) is 24.6 Å². The molecule has 3 rings (SSSR count). The fourth-order valence-corrected chi connectivity index (χ4v) is 3.44. The molecule has 2 aromatic rings. The van der Waals surface area contributed by atoms with Crippen molar-refractivity contribution in [2.75, 3.05) is 19.6 Å². The lowest BCUT2D eigenvalue weighted by atomic mass is 10.1. The first-order valence-electron chi connectivity index (χ1n) is 8.38. The first-order chi connectivity index (χ1) is 11.1. The number of amides is 1. The number of hydrogen-bond acceptors (Lipinski definition) is 3. The Morgan fingerprint density at radius 3 is 2.70 bits per heavy atom. The molecule has 0 unspecified atom stereocenters. The smallest absolute Gasteiger partial charge is 0.255 e. The van der Waals surface area contributed by atoms with Gasteiger partial charge in [-0.25, -0.2) is 0 Å². The van der Waals surface area contributed by atoms with Gasteiger partial charge in [-0.3, -0.25) is 4.79 Å². The summed E-state index contributed by atoms with van der Waals surface area (Å²) in [6.07, 6.45) is 5.48. The maximum atomic E-state index is 12.4. The maximum absolute atomic E-state index is 12.4. The number of rotatable bonds is 5. The summed E-state index contributed by atoms with van der Waals surface area (Å²) >= 11 is 0. The zero-order chi connectivity index (χ0) is 16.2. The average molecular weight is 317 g/mol. The van der Waals surface area contributed by atoms with E-state index >= 15 is 0 Å². The zero-order valence-corrected chi connectivity index (χ0v) is 13.9. The van der Waals surface area contributed by atoms with Gasteiger partial charge in [0.05, 0.1) is 31.5 Å². The van der Waals surface area contributed by atoms with Crippen LogP contribution in [0.1, 0.15) is 52.9 Å². The number of hydrogen-bond donors (Lipinski definition) is 2. The number of carbonyl (C=O) groups is 1. The Balaban J connectivity index is 1.69. The highest BCUT2D eigenvalue weighted by molar-refractivity contribution is 5.95. The highest BCUT2D eigenvalue weighted by atomic mass is 16.3. The lowest BCUT2D eigenvalue weighted by molar-refractivity contribution is -0.936. The van der Waals surface area contributed by atoms with Gasteiger partial charge in [-0.2, -0.15) is 0 Å². The summed E-state index contributed by atoms with van der Waals surface area (Å²) in [4.78, 5) is 13.9. The third-order valence-electron chi connectivity index (χ3n) is 4.63. The van der Waals surface area contributed by atoms with Crippen LogP contribution >= 0.6 is 0 Å². The van der Waals surface area contributed by atoms with E-state index in [1.165, 1.54) is 24.2 Å².